The molecule has 1 nitrogen and oxygen atoms in total. The molecule has 0 saturated heterocycles. The van der Waals surface area contributed by atoms with Crippen molar-refractivity contribution < 1.29 is 43.9 Å². The molecule has 0 spiro atoms. The van der Waals surface area contributed by atoms with Crippen molar-refractivity contribution in [3.8, 4) is 11.1 Å². The Hall–Kier alpha value is -4.28. The molecular weight excluding hydrogens is 588 g/mol. The Balaban J connectivity index is 1.83. The van der Waals surface area contributed by atoms with Crippen molar-refractivity contribution in [3.05, 3.63) is 129 Å². The maximum atomic E-state index is 15.1. The van der Waals surface area contributed by atoms with E-state index in [1.165, 1.54) is 4.90 Å². The van der Waals surface area contributed by atoms with Gasteiger partial charge in [-0.2, -0.15) is 0 Å². The average Bonchev–Trinajstić information content (AvgIpc) is 3.34. The van der Waals surface area contributed by atoms with E-state index in [9.17, 15) is 35.1 Å². The highest BCUT2D eigenvalue weighted by atomic mass is 19.2. The fourth-order valence-corrected chi connectivity index (χ4v) is 5.26. The van der Waals surface area contributed by atoms with Gasteiger partial charge in [-0.15, -0.1) is 0 Å². The van der Waals surface area contributed by atoms with Crippen molar-refractivity contribution in [2.75, 3.05) is 4.90 Å². The van der Waals surface area contributed by atoms with Gasteiger partial charge in [0.2, 0.25) is 5.82 Å². The Morgan fingerprint density at radius 3 is 2.07 bits per heavy atom. The van der Waals surface area contributed by atoms with E-state index in [0.717, 1.165) is 23.3 Å². The Morgan fingerprint density at radius 1 is 0.791 bits per heavy atom. The second-order valence-corrected chi connectivity index (χ2v) is 10.1. The number of allylic oxidation sites excluding steroid dienone is 8. The molecule has 0 bridgehead atoms. The van der Waals surface area contributed by atoms with Gasteiger partial charge in [-0.1, -0.05) is 36.8 Å². The summed E-state index contributed by atoms with van der Waals surface area (Å²) >= 11 is 0. The minimum absolute atomic E-state index is 0.0777. The van der Waals surface area contributed by atoms with E-state index in [1.807, 2.05) is 26.0 Å². The zero-order valence-electron chi connectivity index (χ0n) is 22.5. The van der Waals surface area contributed by atoms with Gasteiger partial charge in [-0.3, -0.25) is 0 Å². The first-order chi connectivity index (χ1) is 20.4. The normalized spacial score (nSPS) is 19.8. The molecule has 11 heteroatoms. The monoisotopic (exact) mass is 609 g/mol. The van der Waals surface area contributed by atoms with Crippen LogP contribution in [0.15, 0.2) is 83.6 Å². The molecule has 5 rings (SSSR count). The number of alkyl halides is 1. The quantitative estimate of drug-likeness (QED) is 0.158. The zero-order chi connectivity index (χ0) is 31.3. The van der Waals surface area contributed by atoms with Crippen molar-refractivity contribution >= 4 is 11.4 Å². The summed E-state index contributed by atoms with van der Waals surface area (Å²) in [6, 6.07) is 8.01. The number of aryl methyl sites for hydroxylation is 1. The average molecular weight is 610 g/mol. The minimum Gasteiger partial charge on any atom is -0.314 e. The molecular formula is C32H21F10N. The molecule has 1 aliphatic heterocycles. The minimum atomic E-state index is -3.10. The van der Waals surface area contributed by atoms with Crippen molar-refractivity contribution in [3.63, 3.8) is 0 Å². The second kappa shape index (κ2) is 11.4. The Kier molecular flexibility index (Phi) is 8.02. The topological polar surface area (TPSA) is 3.24 Å². The van der Waals surface area contributed by atoms with Gasteiger partial charge in [-0.05, 0) is 60.4 Å². The third-order valence-electron chi connectivity index (χ3n) is 7.27. The molecule has 0 fully saturated rings. The predicted molar refractivity (Wildman–Crippen MR) is 142 cm³/mol. The van der Waals surface area contributed by atoms with Gasteiger partial charge >= 0.3 is 0 Å². The first kappa shape index (κ1) is 30.2. The number of nitrogens with zero attached hydrogens (tertiary/aromatic N) is 1. The van der Waals surface area contributed by atoms with Crippen LogP contribution < -0.4 is 4.90 Å². The number of rotatable bonds is 5. The zero-order valence-corrected chi connectivity index (χ0v) is 22.5. The van der Waals surface area contributed by atoms with Crippen LogP contribution in [-0.2, 0) is 6.42 Å². The Morgan fingerprint density at radius 2 is 1.42 bits per heavy atom. The van der Waals surface area contributed by atoms with E-state index >= 15 is 8.78 Å². The van der Waals surface area contributed by atoms with E-state index in [0.29, 0.717) is 30.3 Å². The summed E-state index contributed by atoms with van der Waals surface area (Å²) in [4.78, 5) is 1.52. The van der Waals surface area contributed by atoms with Crippen molar-refractivity contribution in [1.29, 1.82) is 0 Å². The van der Waals surface area contributed by atoms with E-state index in [-0.39, 0.29) is 5.69 Å². The smallest absolute Gasteiger partial charge is 0.200 e. The van der Waals surface area contributed by atoms with Crippen LogP contribution in [0.3, 0.4) is 0 Å². The molecule has 0 saturated carbocycles. The number of hydrogen-bond acceptors (Lipinski definition) is 1. The number of anilines is 2. The van der Waals surface area contributed by atoms with E-state index in [1.54, 1.807) is 24.3 Å². The summed E-state index contributed by atoms with van der Waals surface area (Å²) in [5.74, 6) is -22.9. The van der Waals surface area contributed by atoms with E-state index < -0.39 is 81.2 Å². The van der Waals surface area contributed by atoms with Crippen LogP contribution in [0, 0.1) is 36.0 Å². The summed E-state index contributed by atoms with van der Waals surface area (Å²) in [7, 11) is 0. The first-order valence-electron chi connectivity index (χ1n) is 13.0. The predicted octanol–water partition coefficient (Wildman–Crippen LogP) is 10.6. The maximum Gasteiger partial charge on any atom is 0.200 e. The number of fused-ring (bicyclic) bond motifs is 1. The van der Waals surface area contributed by atoms with Crippen molar-refractivity contribution in [2.45, 2.75) is 38.8 Å². The lowest BCUT2D eigenvalue weighted by atomic mass is 9.86. The van der Waals surface area contributed by atoms with Gasteiger partial charge in [-0.25, -0.2) is 43.9 Å². The lowest BCUT2D eigenvalue weighted by molar-refractivity contribution is 0.246. The highest BCUT2D eigenvalue weighted by molar-refractivity contribution is 5.81. The molecule has 2 aliphatic rings. The highest BCUT2D eigenvalue weighted by Crippen LogP contribution is 2.49. The Labute approximate surface area is 239 Å². The highest BCUT2D eigenvalue weighted by Gasteiger charge is 2.42. The van der Waals surface area contributed by atoms with Crippen LogP contribution in [0.25, 0.3) is 11.1 Å². The molecule has 224 valence electrons. The molecule has 0 radical (unpaired) electrons. The van der Waals surface area contributed by atoms with Gasteiger partial charge in [0.25, 0.3) is 0 Å². The van der Waals surface area contributed by atoms with Gasteiger partial charge in [0.15, 0.2) is 46.9 Å². The summed E-state index contributed by atoms with van der Waals surface area (Å²) in [5, 5.41) is 0. The maximum absolute atomic E-state index is 15.1. The van der Waals surface area contributed by atoms with Crippen LogP contribution in [0.1, 0.15) is 36.0 Å². The molecule has 1 heterocycles. The second-order valence-electron chi connectivity index (χ2n) is 10.1. The summed E-state index contributed by atoms with van der Waals surface area (Å²) in [5.41, 5.74) is -0.178. The summed E-state index contributed by atoms with van der Waals surface area (Å²) in [6.45, 7) is 3.72. The molecule has 1 aliphatic carbocycles. The number of benzene rings is 3. The molecule has 2 atom stereocenters. The standard InChI is InChI=1S/C32H21F10N/c1-3-4-5-6-18-11-15-9-14(2)7-8-20(15)43(18)19-12-16(21-23(33)27(37)31(41)28(38)24(21)34)10-17(13-19)22-25(35)29(39)32(42)30(40)26(22)36/h4-10,12-13,21,23H,3,11H2,1-2H3/b5-4-,18-6+. The molecule has 3 aromatic carbocycles. The van der Waals surface area contributed by atoms with Crippen LogP contribution >= 0.6 is 0 Å². The van der Waals surface area contributed by atoms with Crippen LogP contribution in [0.2, 0.25) is 0 Å². The number of hydrogen-bond donors (Lipinski definition) is 0. The largest absolute Gasteiger partial charge is 0.314 e. The lowest BCUT2D eigenvalue weighted by Crippen LogP contribution is -2.22. The molecule has 0 aromatic heterocycles. The van der Waals surface area contributed by atoms with Crippen molar-refractivity contribution in [1.82, 2.24) is 0 Å². The van der Waals surface area contributed by atoms with Gasteiger partial charge in [0.1, 0.15) is 5.83 Å². The fraction of sp³-hybridized carbons (Fsp3) is 0.188. The van der Waals surface area contributed by atoms with Gasteiger partial charge in [0.05, 0.1) is 11.5 Å². The molecule has 3 aromatic rings. The molecule has 2 unspecified atom stereocenters. The van der Waals surface area contributed by atoms with Gasteiger partial charge < -0.3 is 4.90 Å². The van der Waals surface area contributed by atoms with Crippen LogP contribution in [0.5, 0.6) is 0 Å². The van der Waals surface area contributed by atoms with Gasteiger partial charge in [0, 0.05) is 23.5 Å². The fourth-order valence-electron chi connectivity index (χ4n) is 5.26. The molecule has 0 N–H and O–H groups in total. The van der Waals surface area contributed by atoms with E-state index in [4.69, 9.17) is 0 Å². The SMILES string of the molecule is CC/C=C\C=C1/Cc2cc(C)ccc2N1c1cc(-c2c(F)c(F)c(F)c(F)c2F)cc(C2C(F)=C(F)C(F)=C(F)C2F)c1. The van der Waals surface area contributed by atoms with E-state index in [2.05, 4.69) is 0 Å². The third-order valence-corrected chi connectivity index (χ3v) is 7.27. The lowest BCUT2D eigenvalue weighted by Gasteiger charge is -2.27. The molecule has 0 amide bonds. The molecule has 43 heavy (non-hydrogen) atoms. The van der Waals surface area contributed by atoms with Crippen LogP contribution in [-0.4, -0.2) is 6.17 Å². The van der Waals surface area contributed by atoms with Crippen molar-refractivity contribution in [2.24, 2.45) is 0 Å². The number of halogens is 10. The summed E-state index contributed by atoms with van der Waals surface area (Å²) < 4.78 is 145. The Bertz CT molecular complexity index is 1740. The first-order valence-corrected chi connectivity index (χ1v) is 13.0. The third kappa shape index (κ3) is 5.04. The summed E-state index contributed by atoms with van der Waals surface area (Å²) in [6.07, 6.45) is 3.11. The van der Waals surface area contributed by atoms with Crippen LogP contribution in [0.4, 0.5) is 55.3 Å².